The van der Waals surface area contributed by atoms with Gasteiger partial charge in [0.25, 0.3) is 0 Å². The molecule has 0 amide bonds. The Kier molecular flexibility index (Phi) is 67.9. The van der Waals surface area contributed by atoms with Gasteiger partial charge in [0.1, 0.15) is 6.61 Å². The Balaban J connectivity index is 3.50. The molecule has 1 unspecified atom stereocenters. The van der Waals surface area contributed by atoms with Gasteiger partial charge in [-0.25, -0.2) is 0 Å². The summed E-state index contributed by atoms with van der Waals surface area (Å²) in [5.41, 5.74) is 0. The monoisotopic (exact) mass is 1130 g/mol. The molecular formula is C77H130O5. The second-order valence-electron chi connectivity index (χ2n) is 22.9. The van der Waals surface area contributed by atoms with Crippen molar-refractivity contribution in [2.45, 2.75) is 328 Å². The zero-order valence-electron chi connectivity index (χ0n) is 53.7. The number of esters is 2. The lowest BCUT2D eigenvalue weighted by atomic mass is 10.0. The number of allylic oxidation sites excluding steroid dienone is 22. The van der Waals surface area contributed by atoms with Crippen LogP contribution in [-0.4, -0.2) is 36.4 Å². The highest BCUT2D eigenvalue weighted by Crippen LogP contribution is 2.17. The van der Waals surface area contributed by atoms with Crippen LogP contribution in [0.5, 0.6) is 0 Å². The van der Waals surface area contributed by atoms with Crippen molar-refractivity contribution in [1.29, 1.82) is 0 Å². The van der Waals surface area contributed by atoms with Gasteiger partial charge in [-0.05, 0) is 116 Å². The van der Waals surface area contributed by atoms with E-state index in [1.165, 1.54) is 193 Å². The summed E-state index contributed by atoms with van der Waals surface area (Å²) >= 11 is 0. The van der Waals surface area contributed by atoms with Crippen molar-refractivity contribution in [2.75, 3.05) is 13.2 Å². The van der Waals surface area contributed by atoms with Gasteiger partial charge in [0.05, 0.1) is 6.61 Å². The summed E-state index contributed by atoms with van der Waals surface area (Å²) < 4.78 is 10.8. The first-order chi connectivity index (χ1) is 40.6. The molecule has 0 bridgehead atoms. The van der Waals surface area contributed by atoms with Crippen molar-refractivity contribution >= 4 is 11.9 Å². The maximum Gasteiger partial charge on any atom is 0.306 e. The summed E-state index contributed by atoms with van der Waals surface area (Å²) in [5.74, 6) is -0.588. The van der Waals surface area contributed by atoms with Gasteiger partial charge in [-0.3, -0.25) is 9.59 Å². The minimum Gasteiger partial charge on any atom is -0.462 e. The molecule has 1 atom stereocenters. The first-order valence-electron chi connectivity index (χ1n) is 34.7. The molecule has 0 spiro atoms. The molecule has 0 radical (unpaired) electrons. The normalized spacial score (nSPS) is 13.1. The third-order valence-corrected chi connectivity index (χ3v) is 14.9. The van der Waals surface area contributed by atoms with Crippen molar-refractivity contribution in [3.63, 3.8) is 0 Å². The van der Waals surface area contributed by atoms with Crippen molar-refractivity contribution in [3.05, 3.63) is 134 Å². The van der Waals surface area contributed by atoms with Gasteiger partial charge in [0, 0.05) is 12.8 Å². The maximum atomic E-state index is 12.4. The van der Waals surface area contributed by atoms with Crippen LogP contribution in [0.3, 0.4) is 0 Å². The van der Waals surface area contributed by atoms with Gasteiger partial charge in [-0.1, -0.05) is 327 Å². The Morgan fingerprint density at radius 3 is 0.793 bits per heavy atom. The van der Waals surface area contributed by atoms with Crippen LogP contribution in [0.4, 0.5) is 0 Å². The highest BCUT2D eigenvalue weighted by molar-refractivity contribution is 5.70. The average Bonchev–Trinajstić information content (AvgIpc) is 3.49. The maximum absolute atomic E-state index is 12.4. The lowest BCUT2D eigenvalue weighted by molar-refractivity contribution is -0.161. The van der Waals surface area contributed by atoms with Crippen LogP contribution in [0.2, 0.25) is 0 Å². The van der Waals surface area contributed by atoms with Crippen molar-refractivity contribution in [3.8, 4) is 0 Å². The van der Waals surface area contributed by atoms with Crippen LogP contribution in [0, 0.1) is 0 Å². The molecule has 0 aliphatic carbocycles. The Bertz CT molecular complexity index is 1670. The van der Waals surface area contributed by atoms with E-state index in [1.54, 1.807) is 0 Å². The van der Waals surface area contributed by atoms with E-state index in [1.807, 2.05) is 0 Å². The van der Waals surface area contributed by atoms with Gasteiger partial charge in [0.15, 0.2) is 6.10 Å². The number of ether oxygens (including phenoxy) is 2. The third-order valence-electron chi connectivity index (χ3n) is 14.9. The summed E-state index contributed by atoms with van der Waals surface area (Å²) in [5, 5.41) is 9.70. The van der Waals surface area contributed by atoms with E-state index < -0.39 is 6.10 Å². The zero-order valence-corrected chi connectivity index (χ0v) is 53.7. The first-order valence-corrected chi connectivity index (χ1v) is 34.7. The fourth-order valence-electron chi connectivity index (χ4n) is 9.76. The highest BCUT2D eigenvalue weighted by Gasteiger charge is 2.16. The Morgan fingerprint density at radius 2 is 0.524 bits per heavy atom. The summed E-state index contributed by atoms with van der Waals surface area (Å²) in [4.78, 5) is 24.7. The van der Waals surface area contributed by atoms with E-state index in [0.717, 1.165) is 103 Å². The summed E-state index contributed by atoms with van der Waals surface area (Å²) in [6.07, 6.45) is 106. The predicted molar refractivity (Wildman–Crippen MR) is 361 cm³/mol. The number of carbonyl (C=O) groups excluding carboxylic acids is 2. The largest absolute Gasteiger partial charge is 0.462 e. The van der Waals surface area contributed by atoms with Crippen LogP contribution in [0.15, 0.2) is 134 Å². The van der Waals surface area contributed by atoms with Gasteiger partial charge in [-0.2, -0.15) is 0 Å². The fourth-order valence-corrected chi connectivity index (χ4v) is 9.76. The second kappa shape index (κ2) is 71.3. The molecule has 0 heterocycles. The average molecular weight is 1140 g/mol. The molecule has 5 nitrogen and oxygen atoms in total. The summed E-state index contributed by atoms with van der Waals surface area (Å²) in [6.45, 7) is 4.04. The Labute approximate surface area is 508 Å². The quantitative estimate of drug-likeness (QED) is 0.0373. The van der Waals surface area contributed by atoms with E-state index in [-0.39, 0.29) is 25.2 Å². The first kappa shape index (κ1) is 78.0. The molecule has 0 saturated heterocycles. The van der Waals surface area contributed by atoms with Crippen LogP contribution in [-0.2, 0) is 19.1 Å². The van der Waals surface area contributed by atoms with Gasteiger partial charge in [-0.15, -0.1) is 0 Å². The van der Waals surface area contributed by atoms with E-state index >= 15 is 0 Å². The molecule has 0 fully saturated rings. The van der Waals surface area contributed by atoms with Gasteiger partial charge in [0.2, 0.25) is 0 Å². The van der Waals surface area contributed by atoms with Crippen LogP contribution in [0.1, 0.15) is 322 Å². The van der Waals surface area contributed by atoms with Gasteiger partial charge < -0.3 is 14.6 Å². The second-order valence-corrected chi connectivity index (χ2v) is 22.9. The zero-order chi connectivity index (χ0) is 59.1. The van der Waals surface area contributed by atoms with E-state index in [2.05, 4.69) is 148 Å². The minimum atomic E-state index is -0.782. The molecule has 1 N–H and O–H groups in total. The number of aliphatic hydroxyl groups excluding tert-OH is 1. The molecule has 0 aromatic heterocycles. The van der Waals surface area contributed by atoms with E-state index in [9.17, 15) is 14.7 Å². The lowest BCUT2D eigenvalue weighted by Gasteiger charge is -2.15. The molecule has 0 aliphatic rings. The number of hydrogen-bond donors (Lipinski definition) is 1. The lowest BCUT2D eigenvalue weighted by Crippen LogP contribution is -2.28. The summed E-state index contributed by atoms with van der Waals surface area (Å²) in [7, 11) is 0. The van der Waals surface area contributed by atoms with Crippen molar-refractivity contribution < 1.29 is 24.2 Å². The molecule has 82 heavy (non-hydrogen) atoms. The number of hydrogen-bond acceptors (Lipinski definition) is 5. The fraction of sp³-hybridized carbons (Fsp3) is 0.688. The SMILES string of the molecule is CC/C=C\C/C=C\C/C=C\C/C=C\C/C=C\C/C=C\C/C=C\C/C=C\CCCCCCCCCCCCCCC(=O)OC(CO)COC(=O)CCCCCCCCCCCCCCCCCC/C=C\C/C=C\C/C=C\CCCCCCC. The molecular weight excluding hydrogens is 1000 g/mol. The predicted octanol–water partition coefficient (Wildman–Crippen LogP) is 24.3. The van der Waals surface area contributed by atoms with Crippen LogP contribution >= 0.6 is 0 Å². The minimum absolute atomic E-state index is 0.0705. The third kappa shape index (κ3) is 68.5. The number of aliphatic hydroxyl groups is 1. The van der Waals surface area contributed by atoms with Gasteiger partial charge >= 0.3 is 11.9 Å². The molecule has 0 saturated carbocycles. The Morgan fingerprint density at radius 1 is 0.293 bits per heavy atom. The van der Waals surface area contributed by atoms with E-state index in [4.69, 9.17) is 9.47 Å². The molecule has 0 aromatic rings. The van der Waals surface area contributed by atoms with Crippen LogP contribution in [0.25, 0.3) is 0 Å². The molecule has 0 aliphatic heterocycles. The van der Waals surface area contributed by atoms with Crippen molar-refractivity contribution in [1.82, 2.24) is 0 Å². The number of rotatable bonds is 63. The Hall–Kier alpha value is -3.96. The standard InChI is InChI=1S/C77H130O5/c1-3-5-7-9-11-13-15-17-19-21-23-25-27-29-31-33-35-36-37-38-39-40-42-44-46-48-50-52-54-56-58-60-62-64-66-68-70-72-77(80)82-75(73-78)74-81-76(79)71-69-67-65-63-61-59-57-55-53-51-49-47-45-43-41-34-32-30-28-26-24-22-20-18-16-14-12-10-8-6-4-2/h5,7,11,13,16-19,22-25,28-31,35-36,38-39,42,44,75,78H,3-4,6,8-10,12,14-15,20-21,26-27,32-34,37,40-41,43,45-74H2,1-2H3/b7-5-,13-11-,18-16-,19-17-,24-22-,25-23-,30-28-,31-29-,36-35-,39-38-,44-42-. The number of unbranched alkanes of at least 4 members (excludes halogenated alkanes) is 33. The van der Waals surface area contributed by atoms with Crippen molar-refractivity contribution in [2.24, 2.45) is 0 Å². The number of carbonyl (C=O) groups is 2. The topological polar surface area (TPSA) is 72.8 Å². The van der Waals surface area contributed by atoms with Crippen LogP contribution < -0.4 is 0 Å². The smallest absolute Gasteiger partial charge is 0.306 e. The van der Waals surface area contributed by atoms with E-state index in [0.29, 0.717) is 12.8 Å². The molecule has 5 heteroatoms. The molecule has 468 valence electrons. The highest BCUT2D eigenvalue weighted by atomic mass is 16.6. The molecule has 0 rings (SSSR count). The summed E-state index contributed by atoms with van der Waals surface area (Å²) in [6, 6.07) is 0. The molecule has 0 aromatic carbocycles.